The molecule has 0 heterocycles. The first-order valence-electron chi connectivity index (χ1n) is 5.32. The van der Waals surface area contributed by atoms with Crippen molar-refractivity contribution in [2.75, 3.05) is 0 Å². The van der Waals surface area contributed by atoms with Gasteiger partial charge in [-0.15, -0.1) is 0 Å². The molecule has 2 rings (SSSR count). The maximum atomic E-state index is 12.2. The Morgan fingerprint density at radius 2 is 1.47 bits per heavy atom. The number of aromatic carboxylic acids is 1. The third-order valence-electron chi connectivity index (χ3n) is 2.55. The average Bonchev–Trinajstić information content (AvgIpc) is 2.41. The Morgan fingerprint density at radius 1 is 0.842 bits per heavy atom. The topological polar surface area (TPSA) is 54.4 Å². The van der Waals surface area contributed by atoms with E-state index in [0.717, 1.165) is 0 Å². The number of carboxylic acids is 1. The Bertz CT molecular complexity index is 665. The van der Waals surface area contributed by atoms with E-state index in [-0.39, 0.29) is 16.4 Å². The van der Waals surface area contributed by atoms with E-state index in [1.165, 1.54) is 30.3 Å². The van der Waals surface area contributed by atoms with Crippen molar-refractivity contribution in [1.82, 2.24) is 0 Å². The van der Waals surface area contributed by atoms with Crippen LogP contribution in [0, 0.1) is 0 Å². The third kappa shape index (κ3) is 2.95. The van der Waals surface area contributed by atoms with Crippen molar-refractivity contribution < 1.29 is 14.7 Å². The summed E-state index contributed by atoms with van der Waals surface area (Å²) < 4.78 is 0. The Hall–Kier alpha value is -1.84. The van der Waals surface area contributed by atoms with Crippen LogP contribution < -0.4 is 0 Å². The lowest BCUT2D eigenvalue weighted by Gasteiger charge is -2.04. The Labute approximate surface area is 119 Å². The largest absolute Gasteiger partial charge is 0.478 e. The molecular weight excluding hydrogens is 287 g/mol. The fourth-order valence-electron chi connectivity index (χ4n) is 1.60. The van der Waals surface area contributed by atoms with E-state index in [9.17, 15) is 9.59 Å². The highest BCUT2D eigenvalue weighted by Gasteiger charge is 2.12. The second kappa shape index (κ2) is 5.43. The van der Waals surface area contributed by atoms with E-state index < -0.39 is 5.97 Å². The van der Waals surface area contributed by atoms with Crippen LogP contribution in [0.1, 0.15) is 26.3 Å². The molecule has 2 aromatic rings. The highest BCUT2D eigenvalue weighted by atomic mass is 35.5. The zero-order valence-electron chi connectivity index (χ0n) is 9.56. The van der Waals surface area contributed by atoms with Crippen molar-refractivity contribution in [1.29, 1.82) is 0 Å². The molecule has 0 radical (unpaired) electrons. The molecule has 0 aliphatic carbocycles. The first-order valence-corrected chi connectivity index (χ1v) is 6.08. The maximum Gasteiger partial charge on any atom is 0.335 e. The van der Waals surface area contributed by atoms with Gasteiger partial charge in [0.1, 0.15) is 0 Å². The van der Waals surface area contributed by atoms with E-state index in [1.807, 2.05) is 0 Å². The van der Waals surface area contributed by atoms with Crippen LogP contribution in [0.3, 0.4) is 0 Å². The summed E-state index contributed by atoms with van der Waals surface area (Å²) in [5.41, 5.74) is 0.709. The summed E-state index contributed by atoms with van der Waals surface area (Å²) in [4.78, 5) is 23.1. The van der Waals surface area contributed by atoms with Crippen LogP contribution >= 0.6 is 23.2 Å². The Balaban J connectivity index is 2.41. The van der Waals surface area contributed by atoms with Gasteiger partial charge in [0.15, 0.2) is 5.78 Å². The fourth-order valence-corrected chi connectivity index (χ4v) is 1.90. The van der Waals surface area contributed by atoms with Crippen molar-refractivity contribution in [3.05, 3.63) is 69.2 Å². The minimum absolute atomic E-state index is 0.0610. The van der Waals surface area contributed by atoms with Crippen LogP contribution in [0.5, 0.6) is 0 Å². The van der Waals surface area contributed by atoms with E-state index in [1.54, 1.807) is 12.1 Å². The van der Waals surface area contributed by atoms with E-state index in [4.69, 9.17) is 28.3 Å². The summed E-state index contributed by atoms with van der Waals surface area (Å²) in [5.74, 6) is -1.38. The molecule has 0 aromatic heterocycles. The van der Waals surface area contributed by atoms with Crippen molar-refractivity contribution >= 4 is 35.0 Å². The first-order chi connectivity index (χ1) is 8.99. The SMILES string of the molecule is O=C(O)c1cccc(C(=O)c2ccc(Cl)c(Cl)c2)c1. The first kappa shape index (κ1) is 13.6. The maximum absolute atomic E-state index is 12.2. The molecule has 0 aliphatic rings. The number of hydrogen-bond acceptors (Lipinski definition) is 2. The number of ketones is 1. The average molecular weight is 295 g/mol. The van der Waals surface area contributed by atoms with Crippen molar-refractivity contribution in [2.45, 2.75) is 0 Å². The molecular formula is C14H8Cl2O3. The van der Waals surface area contributed by atoms with Crippen LogP contribution in [0.4, 0.5) is 0 Å². The van der Waals surface area contributed by atoms with Crippen molar-refractivity contribution in [3.63, 3.8) is 0 Å². The van der Waals surface area contributed by atoms with Gasteiger partial charge in [-0.1, -0.05) is 35.3 Å². The normalized spacial score (nSPS) is 10.2. The second-order valence-electron chi connectivity index (χ2n) is 3.84. The Morgan fingerprint density at radius 3 is 2.11 bits per heavy atom. The summed E-state index contributed by atoms with van der Waals surface area (Å²) in [7, 11) is 0. The number of benzene rings is 2. The lowest BCUT2D eigenvalue weighted by molar-refractivity contribution is 0.0697. The van der Waals surface area contributed by atoms with Gasteiger partial charge in [0.05, 0.1) is 15.6 Å². The zero-order valence-corrected chi connectivity index (χ0v) is 11.1. The van der Waals surface area contributed by atoms with Crippen LogP contribution in [-0.2, 0) is 0 Å². The molecule has 19 heavy (non-hydrogen) atoms. The standard InChI is InChI=1S/C14H8Cl2O3/c15-11-5-4-9(7-12(11)16)13(17)8-2-1-3-10(6-8)14(18)19/h1-7H,(H,18,19). The number of carboxylic acid groups (broad SMARTS) is 1. The van der Waals surface area contributed by atoms with Crippen molar-refractivity contribution in [2.24, 2.45) is 0 Å². The van der Waals surface area contributed by atoms with Crippen LogP contribution in [-0.4, -0.2) is 16.9 Å². The third-order valence-corrected chi connectivity index (χ3v) is 3.29. The smallest absolute Gasteiger partial charge is 0.335 e. The van der Waals surface area contributed by atoms with Gasteiger partial charge in [0.2, 0.25) is 0 Å². The fraction of sp³-hybridized carbons (Fsp3) is 0. The predicted octanol–water partition coefficient (Wildman–Crippen LogP) is 3.92. The number of halogens is 2. The Kier molecular flexibility index (Phi) is 3.88. The van der Waals surface area contributed by atoms with Gasteiger partial charge in [-0.3, -0.25) is 4.79 Å². The monoisotopic (exact) mass is 294 g/mol. The van der Waals surface area contributed by atoms with Crippen LogP contribution in [0.15, 0.2) is 42.5 Å². The highest BCUT2D eigenvalue weighted by molar-refractivity contribution is 6.42. The summed E-state index contributed by atoms with van der Waals surface area (Å²) in [5, 5.41) is 9.53. The number of carbonyl (C=O) groups is 2. The van der Waals surface area contributed by atoms with E-state index >= 15 is 0 Å². The van der Waals surface area contributed by atoms with Gasteiger partial charge in [0.25, 0.3) is 0 Å². The summed E-state index contributed by atoms with van der Waals surface area (Å²) >= 11 is 11.6. The molecule has 0 unspecified atom stereocenters. The molecule has 0 fully saturated rings. The molecule has 0 amide bonds. The molecule has 3 nitrogen and oxygen atoms in total. The van der Waals surface area contributed by atoms with Gasteiger partial charge in [-0.25, -0.2) is 4.79 Å². The van der Waals surface area contributed by atoms with Crippen LogP contribution in [0.2, 0.25) is 10.0 Å². The van der Waals surface area contributed by atoms with Gasteiger partial charge in [0, 0.05) is 11.1 Å². The van der Waals surface area contributed by atoms with Gasteiger partial charge < -0.3 is 5.11 Å². The van der Waals surface area contributed by atoms with Gasteiger partial charge >= 0.3 is 5.97 Å². The molecule has 0 saturated carbocycles. The molecule has 0 bridgehead atoms. The lowest BCUT2D eigenvalue weighted by Crippen LogP contribution is -2.04. The minimum Gasteiger partial charge on any atom is -0.478 e. The summed E-state index contributed by atoms with van der Waals surface area (Å²) in [6.45, 7) is 0. The molecule has 0 saturated heterocycles. The minimum atomic E-state index is -1.08. The summed E-state index contributed by atoms with van der Waals surface area (Å²) in [6.07, 6.45) is 0. The molecule has 96 valence electrons. The summed E-state index contributed by atoms with van der Waals surface area (Å²) in [6, 6.07) is 10.4. The molecule has 2 aromatic carbocycles. The van der Waals surface area contributed by atoms with E-state index in [0.29, 0.717) is 16.1 Å². The quantitative estimate of drug-likeness (QED) is 0.873. The molecule has 0 atom stereocenters. The predicted molar refractivity (Wildman–Crippen MR) is 73.3 cm³/mol. The lowest BCUT2D eigenvalue weighted by atomic mass is 10.0. The van der Waals surface area contributed by atoms with Crippen LogP contribution in [0.25, 0.3) is 0 Å². The molecule has 5 heteroatoms. The van der Waals surface area contributed by atoms with Crippen molar-refractivity contribution in [3.8, 4) is 0 Å². The van der Waals surface area contributed by atoms with Gasteiger partial charge in [-0.05, 0) is 30.3 Å². The zero-order chi connectivity index (χ0) is 14.0. The molecule has 0 spiro atoms. The van der Waals surface area contributed by atoms with E-state index in [2.05, 4.69) is 0 Å². The number of carbonyl (C=O) groups excluding carboxylic acids is 1. The molecule has 0 aliphatic heterocycles. The highest BCUT2D eigenvalue weighted by Crippen LogP contribution is 2.24. The van der Waals surface area contributed by atoms with Gasteiger partial charge in [-0.2, -0.15) is 0 Å². The molecule has 1 N–H and O–H groups in total. The number of rotatable bonds is 3. The second-order valence-corrected chi connectivity index (χ2v) is 4.66. The number of hydrogen-bond donors (Lipinski definition) is 1.